The SMILES string of the molecule is NS(=O)(=O)CC1CCCN(C(=O)CC2CCC(c3cc[nH]c4cnc5nccc5c34)CC2)C1. The van der Waals surface area contributed by atoms with Gasteiger partial charge < -0.3 is 9.88 Å². The highest BCUT2D eigenvalue weighted by atomic mass is 32.2. The summed E-state index contributed by atoms with van der Waals surface area (Å²) < 4.78 is 22.9. The Hall–Kier alpha value is -2.52. The Morgan fingerprint density at radius 2 is 1.94 bits per heavy atom. The molecule has 0 radical (unpaired) electrons. The van der Waals surface area contributed by atoms with Crippen LogP contribution in [0.4, 0.5) is 0 Å². The monoisotopic (exact) mass is 469 g/mol. The molecule has 1 saturated carbocycles. The Labute approximate surface area is 194 Å². The third kappa shape index (κ3) is 4.89. The number of hydrogen-bond donors (Lipinski definition) is 2. The summed E-state index contributed by atoms with van der Waals surface area (Å²) in [5.74, 6) is 0.923. The number of pyridine rings is 2. The molecule has 0 bridgehead atoms. The van der Waals surface area contributed by atoms with Gasteiger partial charge in [0.25, 0.3) is 0 Å². The second-order valence-corrected chi connectivity index (χ2v) is 11.4. The van der Waals surface area contributed by atoms with Crippen molar-refractivity contribution in [3.8, 4) is 0 Å². The number of nitrogens with two attached hydrogens (primary N) is 1. The predicted molar refractivity (Wildman–Crippen MR) is 128 cm³/mol. The number of aromatic amines is 1. The van der Waals surface area contributed by atoms with Gasteiger partial charge in [0, 0.05) is 42.7 Å². The number of aromatic nitrogens is 3. The van der Waals surface area contributed by atoms with Crippen molar-refractivity contribution >= 4 is 37.9 Å². The van der Waals surface area contributed by atoms with Crippen LogP contribution in [0.5, 0.6) is 0 Å². The van der Waals surface area contributed by atoms with E-state index in [2.05, 4.69) is 21.0 Å². The van der Waals surface area contributed by atoms with Crippen molar-refractivity contribution in [3.63, 3.8) is 0 Å². The van der Waals surface area contributed by atoms with E-state index in [1.165, 1.54) is 10.9 Å². The first kappa shape index (κ1) is 22.3. The van der Waals surface area contributed by atoms with Gasteiger partial charge in [-0.2, -0.15) is 0 Å². The molecular formula is C24H31N5O3S. The topological polar surface area (TPSA) is 122 Å². The van der Waals surface area contributed by atoms with Crippen molar-refractivity contribution < 1.29 is 13.2 Å². The van der Waals surface area contributed by atoms with Crippen molar-refractivity contribution in [2.24, 2.45) is 17.0 Å². The van der Waals surface area contributed by atoms with Crippen LogP contribution < -0.4 is 5.14 Å². The summed E-state index contributed by atoms with van der Waals surface area (Å²) >= 11 is 0. The Morgan fingerprint density at radius 1 is 1.12 bits per heavy atom. The van der Waals surface area contributed by atoms with Gasteiger partial charge in [-0.3, -0.25) is 4.79 Å². The highest BCUT2D eigenvalue weighted by Crippen LogP contribution is 2.41. The molecule has 1 atom stereocenters. The summed E-state index contributed by atoms with van der Waals surface area (Å²) in [4.78, 5) is 26.9. The molecule has 0 spiro atoms. The molecule has 1 unspecified atom stereocenters. The number of piperidine rings is 1. The molecule has 33 heavy (non-hydrogen) atoms. The maximum absolute atomic E-state index is 12.9. The highest BCUT2D eigenvalue weighted by Gasteiger charge is 2.30. The minimum atomic E-state index is -3.51. The molecule has 2 fully saturated rings. The second-order valence-electron chi connectivity index (χ2n) is 9.76. The molecule has 5 rings (SSSR count). The molecule has 1 amide bonds. The number of sulfonamides is 1. The lowest BCUT2D eigenvalue weighted by atomic mass is 9.76. The van der Waals surface area contributed by atoms with Crippen LogP contribution in [-0.4, -0.2) is 53.0 Å². The summed E-state index contributed by atoms with van der Waals surface area (Å²) in [6.07, 6.45) is 12.0. The maximum Gasteiger partial charge on any atom is 0.222 e. The van der Waals surface area contributed by atoms with Gasteiger partial charge in [-0.15, -0.1) is 0 Å². The van der Waals surface area contributed by atoms with E-state index in [4.69, 9.17) is 5.14 Å². The number of carbonyl (C=O) groups is 1. The molecule has 1 aliphatic heterocycles. The van der Waals surface area contributed by atoms with Gasteiger partial charge in [0.1, 0.15) is 0 Å². The van der Waals surface area contributed by atoms with Gasteiger partial charge >= 0.3 is 0 Å². The van der Waals surface area contributed by atoms with Crippen LogP contribution in [0.2, 0.25) is 0 Å². The van der Waals surface area contributed by atoms with Crippen molar-refractivity contribution in [1.82, 2.24) is 19.9 Å². The number of primary sulfonamides is 1. The van der Waals surface area contributed by atoms with E-state index in [-0.39, 0.29) is 17.6 Å². The van der Waals surface area contributed by atoms with E-state index in [1.807, 2.05) is 29.6 Å². The third-order valence-electron chi connectivity index (χ3n) is 7.41. The number of carbonyl (C=O) groups excluding carboxylic acids is 1. The fraction of sp³-hybridized carbons (Fsp3) is 0.542. The lowest BCUT2D eigenvalue weighted by Crippen LogP contribution is -2.43. The lowest BCUT2D eigenvalue weighted by Gasteiger charge is -2.35. The van der Waals surface area contributed by atoms with Crippen molar-refractivity contribution in [3.05, 3.63) is 36.3 Å². The van der Waals surface area contributed by atoms with E-state index in [9.17, 15) is 13.2 Å². The number of H-pyrrole nitrogens is 1. The average molecular weight is 470 g/mol. The molecular weight excluding hydrogens is 438 g/mol. The fourth-order valence-corrected chi connectivity index (χ4v) is 6.76. The zero-order valence-corrected chi connectivity index (χ0v) is 19.6. The molecule has 1 aliphatic carbocycles. The Morgan fingerprint density at radius 3 is 2.73 bits per heavy atom. The van der Waals surface area contributed by atoms with Gasteiger partial charge in [-0.25, -0.2) is 23.5 Å². The molecule has 4 heterocycles. The van der Waals surface area contributed by atoms with Crippen LogP contribution in [0, 0.1) is 11.8 Å². The third-order valence-corrected chi connectivity index (χ3v) is 8.35. The highest BCUT2D eigenvalue weighted by molar-refractivity contribution is 7.89. The Balaban J connectivity index is 1.22. The number of rotatable bonds is 5. The normalized spacial score (nSPS) is 24.4. The number of nitrogens with zero attached hydrogens (tertiary/aromatic N) is 3. The van der Waals surface area contributed by atoms with E-state index in [1.54, 1.807) is 0 Å². The summed E-state index contributed by atoms with van der Waals surface area (Å²) in [6.45, 7) is 1.23. The van der Waals surface area contributed by atoms with Gasteiger partial charge in [0.15, 0.2) is 5.65 Å². The van der Waals surface area contributed by atoms with Gasteiger partial charge in [-0.05, 0) is 74.0 Å². The lowest BCUT2D eigenvalue weighted by molar-refractivity contribution is -0.134. The number of hydrogen-bond acceptors (Lipinski definition) is 5. The first-order chi connectivity index (χ1) is 15.9. The molecule has 9 heteroatoms. The van der Waals surface area contributed by atoms with Crippen LogP contribution in [0.1, 0.15) is 56.4 Å². The predicted octanol–water partition coefficient (Wildman–Crippen LogP) is 3.30. The number of fused-ring (bicyclic) bond motifs is 3. The maximum atomic E-state index is 12.9. The fourth-order valence-electron chi connectivity index (χ4n) is 5.83. The van der Waals surface area contributed by atoms with Crippen LogP contribution in [-0.2, 0) is 14.8 Å². The van der Waals surface area contributed by atoms with Crippen LogP contribution in [0.25, 0.3) is 21.9 Å². The summed E-state index contributed by atoms with van der Waals surface area (Å²) in [7, 11) is -3.51. The first-order valence-electron chi connectivity index (χ1n) is 11.9. The van der Waals surface area contributed by atoms with E-state index in [0.29, 0.717) is 24.8 Å². The minimum Gasteiger partial charge on any atom is -0.360 e. The molecule has 3 aromatic rings. The number of nitrogens with one attached hydrogen (secondary N) is 1. The van der Waals surface area contributed by atoms with Crippen LogP contribution in [0.3, 0.4) is 0 Å². The largest absolute Gasteiger partial charge is 0.360 e. The average Bonchev–Trinajstić information content (AvgIpc) is 3.27. The summed E-state index contributed by atoms with van der Waals surface area (Å²) in [5, 5.41) is 7.53. The summed E-state index contributed by atoms with van der Waals surface area (Å²) in [6, 6.07) is 4.22. The zero-order valence-electron chi connectivity index (χ0n) is 18.7. The standard InChI is InChI=1S/C24H31N5O3S/c25-33(31,32)15-17-2-1-11-29(14-17)22(30)12-16-3-5-18(6-4-16)19-7-9-26-21-13-28-24-20(23(19)21)8-10-27-24/h7-10,13,16-18,26H,1-6,11-12,14-15H2,(H2,25,31,32). The van der Waals surface area contributed by atoms with E-state index >= 15 is 0 Å². The van der Waals surface area contributed by atoms with Crippen LogP contribution in [0.15, 0.2) is 30.7 Å². The molecule has 2 aliphatic rings. The molecule has 3 aromatic heterocycles. The molecule has 1 saturated heterocycles. The Bertz CT molecular complexity index is 1260. The van der Waals surface area contributed by atoms with Gasteiger partial charge in [0.05, 0.1) is 17.5 Å². The van der Waals surface area contributed by atoms with Gasteiger partial charge in [0.2, 0.25) is 15.9 Å². The molecule has 0 aromatic carbocycles. The van der Waals surface area contributed by atoms with E-state index in [0.717, 1.165) is 61.6 Å². The minimum absolute atomic E-state index is 0.0357. The molecule has 8 nitrogen and oxygen atoms in total. The molecule has 3 N–H and O–H groups in total. The van der Waals surface area contributed by atoms with Crippen molar-refractivity contribution in [2.45, 2.75) is 50.9 Å². The van der Waals surface area contributed by atoms with Crippen molar-refractivity contribution in [1.29, 1.82) is 0 Å². The Kier molecular flexibility index (Phi) is 6.09. The smallest absolute Gasteiger partial charge is 0.222 e. The second kappa shape index (κ2) is 9.02. The van der Waals surface area contributed by atoms with Crippen molar-refractivity contribution in [2.75, 3.05) is 18.8 Å². The molecule has 176 valence electrons. The van der Waals surface area contributed by atoms with Crippen LogP contribution >= 0.6 is 0 Å². The zero-order chi connectivity index (χ0) is 23.0. The number of likely N-dealkylation sites (tertiary alicyclic amines) is 1. The number of amides is 1. The summed E-state index contributed by atoms with van der Waals surface area (Å²) in [5.41, 5.74) is 3.16. The first-order valence-corrected chi connectivity index (χ1v) is 13.6. The van der Waals surface area contributed by atoms with E-state index < -0.39 is 10.0 Å². The quantitative estimate of drug-likeness (QED) is 0.594. The van der Waals surface area contributed by atoms with Gasteiger partial charge in [-0.1, -0.05) is 0 Å².